The van der Waals surface area contributed by atoms with Crippen LogP contribution >= 0.6 is 0 Å². The van der Waals surface area contributed by atoms with Crippen LogP contribution in [0.15, 0.2) is 11.8 Å². The number of rotatable bonds is 5. The van der Waals surface area contributed by atoms with Gasteiger partial charge in [0, 0.05) is 27.9 Å². The average molecular weight is 241 g/mol. The van der Waals surface area contributed by atoms with Crippen molar-refractivity contribution in [2.75, 3.05) is 14.1 Å². The first-order chi connectivity index (χ1) is 7.41. The molecule has 0 aliphatic heterocycles. The minimum Gasteiger partial charge on any atom is -0.351 e. The van der Waals surface area contributed by atoms with Gasteiger partial charge in [0.15, 0.2) is 0 Å². The second kappa shape index (κ2) is 7.22. The summed E-state index contributed by atoms with van der Waals surface area (Å²) in [6.45, 7) is 5.14. The number of carbonyl (C=O) groups excluding carboxylic acids is 2. The summed E-state index contributed by atoms with van der Waals surface area (Å²) in [5.74, 6) is -0.0220. The van der Waals surface area contributed by atoms with Crippen LogP contribution in [0.5, 0.6) is 0 Å². The molecule has 0 heterocycles. The maximum Gasteiger partial charge on any atom is 0.331 e. The van der Waals surface area contributed by atoms with E-state index < -0.39 is 9.12 Å². The van der Waals surface area contributed by atoms with Crippen molar-refractivity contribution in [1.82, 2.24) is 9.13 Å². The number of unbranched alkanes of at least 4 members (excludes halogenated alkanes) is 1. The molecule has 0 aliphatic carbocycles. The van der Waals surface area contributed by atoms with Crippen molar-refractivity contribution in [3.63, 3.8) is 0 Å². The minimum atomic E-state index is -1.38. The number of nitrogens with zero attached hydrogens (tertiary/aromatic N) is 2. The van der Waals surface area contributed by atoms with Crippen molar-refractivity contribution in [3.8, 4) is 0 Å². The van der Waals surface area contributed by atoms with E-state index in [1.165, 1.54) is 13.8 Å². The number of amides is 2. The Balaban J connectivity index is 4.75. The van der Waals surface area contributed by atoms with Gasteiger partial charge in [0.2, 0.25) is 11.8 Å². The van der Waals surface area contributed by atoms with Gasteiger partial charge in [-0.05, 0) is 6.42 Å². The van der Waals surface area contributed by atoms with E-state index in [0.29, 0.717) is 0 Å². The fourth-order valence-electron chi connectivity index (χ4n) is 1.13. The Morgan fingerprint density at radius 3 is 1.88 bits per heavy atom. The fourth-order valence-corrected chi connectivity index (χ4v) is 3.05. The van der Waals surface area contributed by atoms with E-state index in [4.69, 9.17) is 0 Å². The lowest BCUT2D eigenvalue weighted by Crippen LogP contribution is -2.51. The third-order valence-corrected chi connectivity index (χ3v) is 4.89. The first kappa shape index (κ1) is 14.9. The summed E-state index contributed by atoms with van der Waals surface area (Å²) in [5.41, 5.74) is 2.00. The van der Waals surface area contributed by atoms with Gasteiger partial charge in [0.1, 0.15) is 0 Å². The van der Waals surface area contributed by atoms with Crippen LogP contribution in [-0.2, 0) is 9.59 Å². The molecule has 0 N–H and O–H groups in total. The molecule has 0 saturated carbocycles. The van der Waals surface area contributed by atoms with Crippen LogP contribution in [-0.4, -0.2) is 44.2 Å². The number of hydrogen-bond acceptors (Lipinski definition) is 2. The van der Waals surface area contributed by atoms with Gasteiger partial charge in [-0.15, -0.1) is 0 Å². The summed E-state index contributed by atoms with van der Waals surface area (Å²) in [5, 5.41) is 0. The highest BCUT2D eigenvalue weighted by Crippen LogP contribution is 2.02. The monoisotopic (exact) mass is 241 g/mol. The summed E-state index contributed by atoms with van der Waals surface area (Å²) < 4.78 is 3.30. The van der Waals surface area contributed by atoms with E-state index in [1.807, 2.05) is 11.8 Å². The molecule has 0 saturated heterocycles. The van der Waals surface area contributed by atoms with Gasteiger partial charge in [-0.1, -0.05) is 25.1 Å². The predicted molar refractivity (Wildman–Crippen MR) is 66.7 cm³/mol. The normalized spacial score (nSPS) is 10.9. The Morgan fingerprint density at radius 2 is 1.56 bits per heavy atom. The maximum atomic E-state index is 11.3. The molecule has 0 fully saturated rings. The molecule has 0 bridgehead atoms. The Kier molecular flexibility index (Phi) is 6.72. The molecule has 0 aliphatic rings. The van der Waals surface area contributed by atoms with Crippen molar-refractivity contribution in [2.24, 2.45) is 0 Å². The van der Waals surface area contributed by atoms with E-state index in [1.54, 1.807) is 23.2 Å². The summed E-state index contributed by atoms with van der Waals surface area (Å²) in [4.78, 5) is 22.6. The fraction of sp³-hybridized carbons (Fsp3) is 0.636. The Labute approximate surface area is 99.7 Å². The average Bonchev–Trinajstić information content (AvgIpc) is 2.22. The number of allylic oxidation sites excluding steroid dienone is 1. The SMILES string of the molecule is CCCC=C[Si](N(C)C(C)=O)N(C)C(C)=O. The lowest BCUT2D eigenvalue weighted by atomic mass is 10.3. The zero-order valence-corrected chi connectivity index (χ0v) is 11.8. The van der Waals surface area contributed by atoms with Gasteiger partial charge in [0.05, 0.1) is 0 Å². The molecule has 1 radical (unpaired) electrons. The Bertz CT molecular complexity index is 259. The second-order valence-electron chi connectivity index (χ2n) is 3.71. The first-order valence-electron chi connectivity index (χ1n) is 5.43. The highest BCUT2D eigenvalue weighted by atomic mass is 28.3. The maximum absolute atomic E-state index is 11.3. The molecule has 0 aromatic rings. The van der Waals surface area contributed by atoms with Crippen LogP contribution in [0.1, 0.15) is 33.6 Å². The van der Waals surface area contributed by atoms with Crippen molar-refractivity contribution >= 4 is 20.9 Å². The largest absolute Gasteiger partial charge is 0.351 e. The molecule has 0 atom stereocenters. The Morgan fingerprint density at radius 1 is 1.12 bits per heavy atom. The van der Waals surface area contributed by atoms with E-state index in [-0.39, 0.29) is 11.8 Å². The molecule has 0 unspecified atom stereocenters. The van der Waals surface area contributed by atoms with Gasteiger partial charge in [0.25, 0.3) is 0 Å². The van der Waals surface area contributed by atoms with Crippen LogP contribution in [0.4, 0.5) is 0 Å². The van der Waals surface area contributed by atoms with E-state index in [2.05, 4.69) is 6.92 Å². The van der Waals surface area contributed by atoms with E-state index in [0.717, 1.165) is 12.8 Å². The minimum absolute atomic E-state index is 0.0110. The van der Waals surface area contributed by atoms with Gasteiger partial charge in [-0.3, -0.25) is 9.59 Å². The van der Waals surface area contributed by atoms with Crippen LogP contribution < -0.4 is 0 Å². The molecule has 5 heteroatoms. The summed E-state index contributed by atoms with van der Waals surface area (Å²) in [7, 11) is 2.10. The van der Waals surface area contributed by atoms with Crippen LogP contribution in [0.3, 0.4) is 0 Å². The van der Waals surface area contributed by atoms with Gasteiger partial charge in [-0.2, -0.15) is 0 Å². The molecular weight excluding hydrogens is 220 g/mol. The van der Waals surface area contributed by atoms with Crippen LogP contribution in [0.25, 0.3) is 0 Å². The zero-order valence-electron chi connectivity index (χ0n) is 10.8. The van der Waals surface area contributed by atoms with Crippen molar-refractivity contribution < 1.29 is 9.59 Å². The third-order valence-electron chi connectivity index (χ3n) is 2.35. The standard InChI is InChI=1S/C11H21N2O2Si/c1-6-7-8-9-16(12(4)10(2)14)13(5)11(3)15/h8-9H,6-7H2,1-5H3. The van der Waals surface area contributed by atoms with Crippen molar-refractivity contribution in [1.29, 1.82) is 0 Å². The lowest BCUT2D eigenvalue weighted by Gasteiger charge is -2.29. The Hall–Kier alpha value is -1.10. The summed E-state index contributed by atoms with van der Waals surface area (Å²) in [6, 6.07) is 0. The number of hydrogen-bond donors (Lipinski definition) is 0. The van der Waals surface area contributed by atoms with Crippen LogP contribution in [0, 0.1) is 0 Å². The second-order valence-corrected chi connectivity index (χ2v) is 6.10. The number of carbonyl (C=O) groups is 2. The molecule has 16 heavy (non-hydrogen) atoms. The smallest absolute Gasteiger partial charge is 0.331 e. The van der Waals surface area contributed by atoms with E-state index >= 15 is 0 Å². The topological polar surface area (TPSA) is 40.6 Å². The van der Waals surface area contributed by atoms with Gasteiger partial charge >= 0.3 is 9.12 Å². The molecule has 0 spiro atoms. The molecule has 0 rings (SSSR count). The zero-order chi connectivity index (χ0) is 12.7. The van der Waals surface area contributed by atoms with Crippen molar-refractivity contribution in [3.05, 3.63) is 11.8 Å². The van der Waals surface area contributed by atoms with Gasteiger partial charge < -0.3 is 9.13 Å². The highest BCUT2D eigenvalue weighted by molar-refractivity contribution is 6.63. The highest BCUT2D eigenvalue weighted by Gasteiger charge is 2.25. The lowest BCUT2D eigenvalue weighted by molar-refractivity contribution is -0.125. The van der Waals surface area contributed by atoms with Crippen molar-refractivity contribution in [2.45, 2.75) is 33.6 Å². The molecule has 0 aromatic carbocycles. The molecule has 0 aromatic heterocycles. The predicted octanol–water partition coefficient (Wildman–Crippen LogP) is 1.33. The quantitative estimate of drug-likeness (QED) is 0.681. The van der Waals surface area contributed by atoms with E-state index in [9.17, 15) is 9.59 Å². The van der Waals surface area contributed by atoms with Crippen LogP contribution in [0.2, 0.25) is 0 Å². The molecule has 2 amide bonds. The van der Waals surface area contributed by atoms with Gasteiger partial charge in [-0.25, -0.2) is 0 Å². The molecular formula is C11H21N2O2Si. The molecule has 4 nitrogen and oxygen atoms in total. The summed E-state index contributed by atoms with van der Waals surface area (Å²) in [6.07, 6.45) is 4.10. The summed E-state index contributed by atoms with van der Waals surface area (Å²) >= 11 is 0. The molecule has 91 valence electrons. The first-order valence-corrected chi connectivity index (χ1v) is 6.91. The third kappa shape index (κ3) is 4.61.